The Hall–Kier alpha value is -3.97. The van der Waals surface area contributed by atoms with E-state index in [1.54, 1.807) is 68.4 Å². The predicted octanol–water partition coefficient (Wildman–Crippen LogP) is 6.14. The largest absolute Gasteiger partial charge is 0.494 e. The molecule has 8 heteroatoms. The van der Waals surface area contributed by atoms with Crippen molar-refractivity contribution in [2.75, 3.05) is 17.7 Å². The minimum absolute atomic E-state index is 0.182. The second-order valence-electron chi connectivity index (χ2n) is 8.04. The molecule has 2 N–H and O–H groups in total. The number of carbonyl (C=O) groups is 2. The summed E-state index contributed by atoms with van der Waals surface area (Å²) in [7, 11) is 1.48. The van der Waals surface area contributed by atoms with E-state index in [1.165, 1.54) is 7.11 Å². The molecule has 7 nitrogen and oxygen atoms in total. The van der Waals surface area contributed by atoms with E-state index >= 15 is 0 Å². The zero-order valence-electron chi connectivity index (χ0n) is 18.8. The number of amides is 2. The summed E-state index contributed by atoms with van der Waals surface area (Å²) in [6.07, 6.45) is 0. The van der Waals surface area contributed by atoms with E-state index in [4.69, 9.17) is 25.5 Å². The average molecular weight is 479 g/mol. The van der Waals surface area contributed by atoms with Crippen molar-refractivity contribution in [3.63, 3.8) is 0 Å². The van der Waals surface area contributed by atoms with Crippen molar-refractivity contribution in [1.82, 2.24) is 0 Å². The number of furan rings is 1. The van der Waals surface area contributed by atoms with Crippen LogP contribution in [0.25, 0.3) is 11.0 Å². The minimum atomic E-state index is -1.16. The number of anilines is 2. The van der Waals surface area contributed by atoms with E-state index in [2.05, 4.69) is 10.6 Å². The van der Waals surface area contributed by atoms with Gasteiger partial charge in [-0.15, -0.1) is 0 Å². The number of methoxy groups -OCH3 is 1. The highest BCUT2D eigenvalue weighted by atomic mass is 35.5. The number of fused-ring (bicyclic) bond motifs is 1. The molecule has 0 aliphatic carbocycles. The van der Waals surface area contributed by atoms with Crippen molar-refractivity contribution < 1.29 is 23.5 Å². The fourth-order valence-corrected chi connectivity index (χ4v) is 3.40. The molecule has 0 aliphatic heterocycles. The van der Waals surface area contributed by atoms with Crippen molar-refractivity contribution in [1.29, 1.82) is 0 Å². The lowest BCUT2D eigenvalue weighted by atomic mass is 10.1. The number of halogens is 1. The van der Waals surface area contributed by atoms with E-state index in [9.17, 15) is 9.59 Å². The first-order valence-electron chi connectivity index (χ1n) is 10.5. The Balaban J connectivity index is 1.46. The highest BCUT2D eigenvalue weighted by molar-refractivity contribution is 6.30. The smallest absolute Gasteiger partial charge is 0.291 e. The van der Waals surface area contributed by atoms with Crippen molar-refractivity contribution in [2.45, 2.75) is 19.4 Å². The van der Waals surface area contributed by atoms with Crippen molar-refractivity contribution >= 4 is 45.8 Å². The highest BCUT2D eigenvalue weighted by Crippen LogP contribution is 2.30. The van der Waals surface area contributed by atoms with Crippen molar-refractivity contribution in [3.05, 3.63) is 83.6 Å². The summed E-state index contributed by atoms with van der Waals surface area (Å²) in [5, 5.41) is 7.01. The highest BCUT2D eigenvalue weighted by Gasteiger charge is 2.30. The molecule has 3 aromatic carbocycles. The van der Waals surface area contributed by atoms with Gasteiger partial charge in [-0.3, -0.25) is 9.59 Å². The van der Waals surface area contributed by atoms with Gasteiger partial charge in [0.2, 0.25) is 0 Å². The zero-order chi connectivity index (χ0) is 24.3. The molecule has 0 aliphatic rings. The van der Waals surface area contributed by atoms with Crippen molar-refractivity contribution in [2.24, 2.45) is 0 Å². The monoisotopic (exact) mass is 478 g/mol. The fourth-order valence-electron chi connectivity index (χ4n) is 3.28. The maximum absolute atomic E-state index is 12.9. The van der Waals surface area contributed by atoms with Gasteiger partial charge in [0.25, 0.3) is 11.8 Å². The van der Waals surface area contributed by atoms with Crippen LogP contribution in [0.4, 0.5) is 11.4 Å². The number of carbonyl (C=O) groups excluding carboxylic acids is 2. The van der Waals surface area contributed by atoms with Crippen LogP contribution in [-0.4, -0.2) is 24.5 Å². The van der Waals surface area contributed by atoms with Crippen LogP contribution in [0.1, 0.15) is 24.4 Å². The topological polar surface area (TPSA) is 89.8 Å². The van der Waals surface area contributed by atoms with Gasteiger partial charge in [-0.05, 0) is 62.4 Å². The number of benzene rings is 3. The van der Waals surface area contributed by atoms with Gasteiger partial charge in [0, 0.05) is 22.2 Å². The Kier molecular flexibility index (Phi) is 6.47. The molecule has 0 saturated carbocycles. The van der Waals surface area contributed by atoms with Gasteiger partial charge in [-0.25, -0.2) is 0 Å². The van der Waals surface area contributed by atoms with E-state index in [0.29, 0.717) is 33.5 Å². The molecule has 0 atom stereocenters. The van der Waals surface area contributed by atoms with Crippen LogP contribution in [0.15, 0.2) is 77.2 Å². The molecule has 0 spiro atoms. The maximum atomic E-state index is 12.9. The summed E-state index contributed by atoms with van der Waals surface area (Å²) in [6.45, 7) is 3.33. The van der Waals surface area contributed by atoms with Crippen LogP contribution in [-0.2, 0) is 4.79 Å². The third-order valence-corrected chi connectivity index (χ3v) is 5.34. The quantitative estimate of drug-likeness (QED) is 0.333. The second kappa shape index (κ2) is 9.49. The molecule has 0 fully saturated rings. The fraction of sp³-hybridized carbons (Fsp3) is 0.154. The number of ether oxygens (including phenoxy) is 2. The first-order chi connectivity index (χ1) is 16.2. The lowest BCUT2D eigenvalue weighted by molar-refractivity contribution is -0.128. The summed E-state index contributed by atoms with van der Waals surface area (Å²) in [5.74, 6) is 0.304. The van der Waals surface area contributed by atoms with Crippen LogP contribution in [0.3, 0.4) is 0 Å². The molecule has 4 aromatic rings. The van der Waals surface area contributed by atoms with Crippen molar-refractivity contribution in [3.8, 4) is 11.5 Å². The average Bonchev–Trinajstić information content (AvgIpc) is 3.26. The number of rotatable bonds is 7. The van der Waals surface area contributed by atoms with Gasteiger partial charge < -0.3 is 24.5 Å². The Labute approximate surface area is 201 Å². The summed E-state index contributed by atoms with van der Waals surface area (Å²) in [4.78, 5) is 25.5. The van der Waals surface area contributed by atoms with Gasteiger partial charge >= 0.3 is 0 Å². The Bertz CT molecular complexity index is 1310. The molecular formula is C26H23ClN2O5. The summed E-state index contributed by atoms with van der Waals surface area (Å²) >= 11 is 5.90. The Morgan fingerprint density at radius 2 is 1.68 bits per heavy atom. The van der Waals surface area contributed by atoms with Crippen LogP contribution in [0, 0.1) is 0 Å². The number of para-hydroxylation sites is 1. The Morgan fingerprint density at radius 3 is 2.38 bits per heavy atom. The number of nitrogens with one attached hydrogen (secondary N) is 2. The van der Waals surface area contributed by atoms with Gasteiger partial charge in [-0.1, -0.05) is 29.8 Å². The summed E-state index contributed by atoms with van der Waals surface area (Å²) in [5.41, 5.74) is 0.384. The zero-order valence-corrected chi connectivity index (χ0v) is 19.6. The summed E-state index contributed by atoms with van der Waals surface area (Å²) < 4.78 is 16.9. The van der Waals surface area contributed by atoms with Crippen LogP contribution in [0.5, 0.6) is 11.5 Å². The number of hydrogen-bond donors (Lipinski definition) is 2. The molecule has 174 valence electrons. The van der Waals surface area contributed by atoms with Gasteiger partial charge in [0.05, 0.1) is 12.8 Å². The first-order valence-corrected chi connectivity index (χ1v) is 10.9. The molecule has 4 rings (SSSR count). The lowest BCUT2D eigenvalue weighted by Crippen LogP contribution is -2.42. The van der Waals surface area contributed by atoms with Gasteiger partial charge in [-0.2, -0.15) is 0 Å². The minimum Gasteiger partial charge on any atom is -0.494 e. The SMILES string of the molecule is COc1cc(NC(=O)C(C)(C)Oc2ccc(Cl)cc2)ccc1NC(=O)c1cc2ccccc2o1. The third kappa shape index (κ3) is 5.15. The molecular weight excluding hydrogens is 456 g/mol. The molecule has 0 radical (unpaired) electrons. The molecule has 34 heavy (non-hydrogen) atoms. The Morgan fingerprint density at radius 1 is 0.941 bits per heavy atom. The van der Waals surface area contributed by atoms with E-state index in [-0.39, 0.29) is 11.7 Å². The molecule has 2 amide bonds. The summed E-state index contributed by atoms with van der Waals surface area (Å²) in [6, 6.07) is 20.7. The van der Waals surface area contributed by atoms with Crippen LogP contribution in [0.2, 0.25) is 5.02 Å². The van der Waals surface area contributed by atoms with Crippen LogP contribution < -0.4 is 20.1 Å². The first kappa shape index (κ1) is 23.2. The molecule has 1 aromatic heterocycles. The van der Waals surface area contributed by atoms with E-state index < -0.39 is 11.5 Å². The van der Waals surface area contributed by atoms with E-state index in [1.807, 2.05) is 18.2 Å². The lowest BCUT2D eigenvalue weighted by Gasteiger charge is -2.25. The predicted molar refractivity (Wildman–Crippen MR) is 132 cm³/mol. The maximum Gasteiger partial charge on any atom is 0.291 e. The number of hydrogen-bond acceptors (Lipinski definition) is 5. The third-order valence-electron chi connectivity index (χ3n) is 5.09. The molecule has 1 heterocycles. The van der Waals surface area contributed by atoms with E-state index in [0.717, 1.165) is 5.39 Å². The molecule has 0 unspecified atom stereocenters. The molecule has 0 bridgehead atoms. The van der Waals surface area contributed by atoms with Gasteiger partial charge in [0.1, 0.15) is 17.1 Å². The van der Waals surface area contributed by atoms with Gasteiger partial charge in [0.15, 0.2) is 11.4 Å². The van der Waals surface area contributed by atoms with Crippen LogP contribution >= 0.6 is 11.6 Å². The molecule has 0 saturated heterocycles. The second-order valence-corrected chi connectivity index (χ2v) is 8.47. The standard InChI is InChI=1S/C26H23ClN2O5/c1-26(2,34-19-11-8-17(27)9-12-19)25(31)28-18-10-13-20(22(15-18)32-3)29-24(30)23-14-16-6-4-5-7-21(16)33-23/h4-15H,1-3H3,(H,28,31)(H,29,30). The normalized spacial score (nSPS) is 11.2.